The minimum absolute atomic E-state index is 0.140. The number of amides is 1. The highest BCUT2D eigenvalue weighted by Crippen LogP contribution is 2.33. The molecule has 0 saturated heterocycles. The third-order valence-corrected chi connectivity index (χ3v) is 5.22. The molecule has 1 aromatic heterocycles. The number of hydrogen-bond donors (Lipinski definition) is 2. The summed E-state index contributed by atoms with van der Waals surface area (Å²) in [5.74, 6) is -1.46. The van der Waals surface area contributed by atoms with Crippen LogP contribution in [0.3, 0.4) is 0 Å². The number of carboxylic acids is 1. The van der Waals surface area contributed by atoms with E-state index in [2.05, 4.69) is 10.3 Å². The van der Waals surface area contributed by atoms with Crippen LogP contribution >= 0.6 is 11.3 Å². The maximum Gasteiger partial charge on any atom is 0.308 e. The van der Waals surface area contributed by atoms with E-state index in [0.29, 0.717) is 12.8 Å². The predicted molar refractivity (Wildman–Crippen MR) is 81.3 cm³/mol. The van der Waals surface area contributed by atoms with Crippen molar-refractivity contribution < 1.29 is 14.7 Å². The average Bonchev–Trinajstić information content (AvgIpc) is 2.85. The first-order valence-electron chi connectivity index (χ1n) is 7.41. The second-order valence-electron chi connectivity index (χ2n) is 5.87. The van der Waals surface area contributed by atoms with Gasteiger partial charge in [-0.25, -0.2) is 4.98 Å². The number of nitrogens with one attached hydrogen (secondary N) is 1. The van der Waals surface area contributed by atoms with Crippen LogP contribution in [-0.2, 0) is 22.4 Å². The number of carbonyl (C=O) groups is 2. The summed E-state index contributed by atoms with van der Waals surface area (Å²) in [4.78, 5) is 28.0. The molecule has 0 spiro atoms. The minimum atomic E-state index is -0.820. The fraction of sp³-hybridized carbons (Fsp3) is 0.667. The summed E-state index contributed by atoms with van der Waals surface area (Å²) < 4.78 is 0. The van der Waals surface area contributed by atoms with Crippen LogP contribution in [0.4, 0.5) is 0 Å². The Morgan fingerprint density at radius 2 is 2.29 bits per heavy atom. The van der Waals surface area contributed by atoms with Crippen molar-refractivity contribution in [3.05, 3.63) is 16.1 Å². The molecule has 1 aliphatic rings. The average molecular weight is 310 g/mol. The monoisotopic (exact) mass is 310 g/mol. The van der Waals surface area contributed by atoms with Crippen molar-refractivity contribution in [2.45, 2.75) is 57.9 Å². The molecule has 1 fully saturated rings. The number of nitrogens with zero attached hydrogens (tertiary/aromatic N) is 1. The quantitative estimate of drug-likeness (QED) is 0.875. The summed E-state index contributed by atoms with van der Waals surface area (Å²) in [6, 6.07) is 0. The van der Waals surface area contributed by atoms with Gasteiger partial charge in [0.15, 0.2) is 0 Å². The SMILES string of the molecule is CCc1nc(CC(=O)NC2(C)CCCCC2C(=O)O)cs1. The van der Waals surface area contributed by atoms with Crippen molar-refractivity contribution in [3.63, 3.8) is 0 Å². The molecule has 5 nitrogen and oxygen atoms in total. The molecule has 116 valence electrons. The fourth-order valence-corrected chi connectivity index (χ4v) is 3.74. The zero-order valence-corrected chi connectivity index (χ0v) is 13.3. The summed E-state index contributed by atoms with van der Waals surface area (Å²) in [6.45, 7) is 3.88. The highest BCUT2D eigenvalue weighted by Gasteiger charge is 2.42. The van der Waals surface area contributed by atoms with Crippen LogP contribution in [0.1, 0.15) is 50.2 Å². The number of aryl methyl sites for hydroxylation is 1. The van der Waals surface area contributed by atoms with E-state index in [1.165, 1.54) is 0 Å². The Hall–Kier alpha value is -1.43. The molecule has 2 unspecified atom stereocenters. The van der Waals surface area contributed by atoms with Crippen molar-refractivity contribution in [2.24, 2.45) is 5.92 Å². The third kappa shape index (κ3) is 3.81. The molecule has 2 rings (SSSR count). The second-order valence-corrected chi connectivity index (χ2v) is 6.81. The predicted octanol–water partition coefficient (Wildman–Crippen LogP) is 2.40. The molecule has 0 bridgehead atoms. The first kappa shape index (κ1) is 15.9. The first-order valence-corrected chi connectivity index (χ1v) is 8.29. The van der Waals surface area contributed by atoms with Gasteiger partial charge in [0.05, 0.1) is 28.6 Å². The molecular formula is C15H22N2O3S. The van der Waals surface area contributed by atoms with Crippen LogP contribution in [0.2, 0.25) is 0 Å². The molecule has 0 radical (unpaired) electrons. The Labute approximate surface area is 128 Å². The number of thiazole rings is 1. The van der Waals surface area contributed by atoms with Crippen molar-refractivity contribution >= 4 is 23.2 Å². The second kappa shape index (κ2) is 6.56. The molecule has 6 heteroatoms. The van der Waals surface area contributed by atoms with Crippen molar-refractivity contribution in [3.8, 4) is 0 Å². The molecule has 1 saturated carbocycles. The number of carbonyl (C=O) groups excluding carboxylic acids is 1. The van der Waals surface area contributed by atoms with Crippen molar-refractivity contribution in [1.29, 1.82) is 0 Å². The lowest BCUT2D eigenvalue weighted by Gasteiger charge is -2.39. The topological polar surface area (TPSA) is 79.3 Å². The van der Waals surface area contributed by atoms with E-state index in [-0.39, 0.29) is 12.3 Å². The molecule has 0 aliphatic heterocycles. The van der Waals surface area contributed by atoms with Crippen molar-refractivity contribution in [1.82, 2.24) is 10.3 Å². The van der Waals surface area contributed by atoms with Gasteiger partial charge < -0.3 is 10.4 Å². The zero-order valence-electron chi connectivity index (χ0n) is 12.5. The molecule has 21 heavy (non-hydrogen) atoms. The maximum atomic E-state index is 12.2. The van der Waals surface area contributed by atoms with Gasteiger partial charge in [-0.05, 0) is 26.2 Å². The normalized spacial score (nSPS) is 25.5. The van der Waals surface area contributed by atoms with E-state index >= 15 is 0 Å². The molecule has 1 heterocycles. The zero-order chi connectivity index (χ0) is 15.5. The maximum absolute atomic E-state index is 12.2. The molecule has 2 atom stereocenters. The Kier molecular flexibility index (Phi) is 4.98. The molecule has 0 aromatic carbocycles. The number of aromatic nitrogens is 1. The van der Waals surface area contributed by atoms with Gasteiger partial charge in [-0.2, -0.15) is 0 Å². The molecular weight excluding hydrogens is 288 g/mol. The van der Waals surface area contributed by atoms with Gasteiger partial charge in [-0.3, -0.25) is 9.59 Å². The van der Waals surface area contributed by atoms with Gasteiger partial charge >= 0.3 is 5.97 Å². The van der Waals surface area contributed by atoms with Gasteiger partial charge in [0.2, 0.25) is 5.91 Å². The molecule has 1 aliphatic carbocycles. The summed E-state index contributed by atoms with van der Waals surface area (Å²) >= 11 is 1.56. The summed E-state index contributed by atoms with van der Waals surface area (Å²) in [5, 5.41) is 15.2. The lowest BCUT2D eigenvalue weighted by Crippen LogP contribution is -2.55. The van der Waals surface area contributed by atoms with E-state index in [9.17, 15) is 14.7 Å². The fourth-order valence-electron chi connectivity index (χ4n) is 3.00. The Morgan fingerprint density at radius 1 is 1.52 bits per heavy atom. The number of aliphatic carboxylic acids is 1. The van der Waals surface area contributed by atoms with Crippen LogP contribution in [-0.4, -0.2) is 27.5 Å². The van der Waals surface area contributed by atoms with Crippen LogP contribution in [0.5, 0.6) is 0 Å². The van der Waals surface area contributed by atoms with Crippen LogP contribution < -0.4 is 5.32 Å². The van der Waals surface area contributed by atoms with Gasteiger partial charge in [0, 0.05) is 5.38 Å². The van der Waals surface area contributed by atoms with E-state index in [4.69, 9.17) is 0 Å². The van der Waals surface area contributed by atoms with E-state index in [0.717, 1.165) is 30.0 Å². The molecule has 1 aromatic rings. The van der Waals surface area contributed by atoms with Crippen LogP contribution in [0.15, 0.2) is 5.38 Å². The highest BCUT2D eigenvalue weighted by atomic mass is 32.1. The third-order valence-electron chi connectivity index (χ3n) is 4.17. The van der Waals surface area contributed by atoms with Crippen molar-refractivity contribution in [2.75, 3.05) is 0 Å². The van der Waals surface area contributed by atoms with Crippen LogP contribution in [0.25, 0.3) is 0 Å². The Balaban J connectivity index is 2.01. The molecule has 2 N–H and O–H groups in total. The number of hydrogen-bond acceptors (Lipinski definition) is 4. The summed E-state index contributed by atoms with van der Waals surface area (Å²) in [7, 11) is 0. The van der Waals surface area contributed by atoms with Gasteiger partial charge in [0.25, 0.3) is 0 Å². The van der Waals surface area contributed by atoms with Gasteiger partial charge in [0.1, 0.15) is 0 Å². The lowest BCUT2D eigenvalue weighted by molar-refractivity contribution is -0.146. The number of rotatable bonds is 5. The van der Waals surface area contributed by atoms with E-state index in [1.54, 1.807) is 11.3 Å². The standard InChI is InChI=1S/C15H22N2O3S/c1-3-13-16-10(9-21-13)8-12(18)17-15(2)7-5-4-6-11(15)14(19)20/h9,11H,3-8H2,1-2H3,(H,17,18)(H,19,20). The van der Waals surface area contributed by atoms with Crippen LogP contribution in [0, 0.1) is 5.92 Å². The Bertz CT molecular complexity index is 529. The minimum Gasteiger partial charge on any atom is -0.481 e. The summed E-state index contributed by atoms with van der Waals surface area (Å²) in [5.41, 5.74) is 0.116. The largest absolute Gasteiger partial charge is 0.481 e. The highest BCUT2D eigenvalue weighted by molar-refractivity contribution is 7.09. The van der Waals surface area contributed by atoms with Gasteiger partial charge in [-0.15, -0.1) is 11.3 Å². The summed E-state index contributed by atoms with van der Waals surface area (Å²) in [6.07, 6.45) is 4.30. The number of carboxylic acid groups (broad SMARTS) is 1. The van der Waals surface area contributed by atoms with E-state index in [1.807, 2.05) is 19.2 Å². The van der Waals surface area contributed by atoms with Gasteiger partial charge in [-0.1, -0.05) is 19.8 Å². The van der Waals surface area contributed by atoms with E-state index < -0.39 is 17.4 Å². The smallest absolute Gasteiger partial charge is 0.308 e. The molecule has 1 amide bonds. The Morgan fingerprint density at radius 3 is 2.90 bits per heavy atom. The first-order chi connectivity index (χ1) is 9.94. The lowest BCUT2D eigenvalue weighted by atomic mass is 9.74.